The molecule has 52 valence electrons. The Kier molecular flexibility index (Phi) is 31.1. The Morgan fingerprint density at radius 1 is 0.875 bits per heavy atom. The van der Waals surface area contributed by atoms with Crippen LogP contribution in [-0.4, -0.2) is 0 Å². The third kappa shape index (κ3) is 17.2. The molecule has 0 rings (SSSR count). The largest absolute Gasteiger partial charge is 0.0888 e. The molecule has 0 amide bonds. The molecule has 0 fully saturated rings. The van der Waals surface area contributed by atoms with E-state index in [1.54, 1.807) is 0 Å². The fourth-order valence-corrected chi connectivity index (χ4v) is 0.333. The SMILES string of the molecule is C.C.CCC=CCC. The van der Waals surface area contributed by atoms with Gasteiger partial charge in [0.15, 0.2) is 0 Å². The molecular formula is C8H20. The minimum atomic E-state index is 0. The van der Waals surface area contributed by atoms with Gasteiger partial charge in [-0.15, -0.1) is 0 Å². The number of hydrogen-bond donors (Lipinski definition) is 0. The lowest BCUT2D eigenvalue weighted by atomic mass is 10.4. The molecule has 0 aromatic heterocycles. The van der Waals surface area contributed by atoms with Crippen molar-refractivity contribution in [3.05, 3.63) is 12.2 Å². The first-order valence-electron chi connectivity index (χ1n) is 2.56. The molecule has 0 saturated heterocycles. The summed E-state index contributed by atoms with van der Waals surface area (Å²) < 4.78 is 0. The van der Waals surface area contributed by atoms with Crippen molar-refractivity contribution < 1.29 is 0 Å². The summed E-state index contributed by atoms with van der Waals surface area (Å²) in [4.78, 5) is 0. The van der Waals surface area contributed by atoms with Gasteiger partial charge in [0.1, 0.15) is 0 Å². The molecule has 0 heterocycles. The van der Waals surface area contributed by atoms with E-state index < -0.39 is 0 Å². The molecule has 0 N–H and O–H groups in total. The van der Waals surface area contributed by atoms with E-state index in [-0.39, 0.29) is 14.9 Å². The van der Waals surface area contributed by atoms with Crippen LogP contribution in [0.3, 0.4) is 0 Å². The topological polar surface area (TPSA) is 0 Å². The zero-order chi connectivity index (χ0) is 4.83. The van der Waals surface area contributed by atoms with Crippen molar-refractivity contribution in [2.45, 2.75) is 41.5 Å². The van der Waals surface area contributed by atoms with E-state index in [0.29, 0.717) is 0 Å². The van der Waals surface area contributed by atoms with Crippen LogP contribution >= 0.6 is 0 Å². The molecule has 0 aliphatic carbocycles. The second-order valence-electron chi connectivity index (χ2n) is 1.29. The predicted octanol–water partition coefficient (Wildman–Crippen LogP) is 3.63. The maximum Gasteiger partial charge on any atom is -0.0379 e. The molecule has 0 nitrogen and oxygen atoms in total. The normalized spacial score (nSPS) is 7.75. The number of allylic oxidation sites excluding steroid dienone is 2. The van der Waals surface area contributed by atoms with E-state index in [1.807, 2.05) is 0 Å². The van der Waals surface area contributed by atoms with Crippen molar-refractivity contribution in [2.24, 2.45) is 0 Å². The lowest BCUT2D eigenvalue weighted by molar-refractivity contribution is 1.16. The van der Waals surface area contributed by atoms with Gasteiger partial charge in [-0.1, -0.05) is 40.9 Å². The first-order chi connectivity index (χ1) is 2.91. The molecule has 8 heavy (non-hydrogen) atoms. The molecule has 0 heteroatoms. The Labute approximate surface area is 54.6 Å². The van der Waals surface area contributed by atoms with Crippen LogP contribution < -0.4 is 0 Å². The zero-order valence-corrected chi connectivity index (χ0v) is 4.57. The van der Waals surface area contributed by atoms with E-state index in [2.05, 4.69) is 26.0 Å². The van der Waals surface area contributed by atoms with Crippen molar-refractivity contribution in [2.75, 3.05) is 0 Å². The first-order valence-corrected chi connectivity index (χ1v) is 2.56. The highest BCUT2D eigenvalue weighted by Gasteiger charge is 1.60. The highest BCUT2D eigenvalue weighted by molar-refractivity contribution is 4.77. The maximum atomic E-state index is 2.18. The van der Waals surface area contributed by atoms with Gasteiger partial charge in [0.2, 0.25) is 0 Å². The Morgan fingerprint density at radius 3 is 1.25 bits per heavy atom. The van der Waals surface area contributed by atoms with Crippen LogP contribution in [0.15, 0.2) is 12.2 Å². The van der Waals surface area contributed by atoms with E-state index in [9.17, 15) is 0 Å². The van der Waals surface area contributed by atoms with Crippen LogP contribution in [0.5, 0.6) is 0 Å². The van der Waals surface area contributed by atoms with Crippen LogP contribution in [-0.2, 0) is 0 Å². The van der Waals surface area contributed by atoms with Gasteiger partial charge in [0.25, 0.3) is 0 Å². The third-order valence-corrected chi connectivity index (χ3v) is 0.638. The summed E-state index contributed by atoms with van der Waals surface area (Å²) in [5, 5.41) is 0. The second kappa shape index (κ2) is 15.9. The van der Waals surface area contributed by atoms with Gasteiger partial charge in [-0.2, -0.15) is 0 Å². The van der Waals surface area contributed by atoms with Crippen LogP contribution in [0, 0.1) is 0 Å². The van der Waals surface area contributed by atoms with Crippen LogP contribution in [0.4, 0.5) is 0 Å². The summed E-state index contributed by atoms with van der Waals surface area (Å²) in [6.07, 6.45) is 6.71. The quantitative estimate of drug-likeness (QED) is 0.483. The Morgan fingerprint density at radius 2 is 1.12 bits per heavy atom. The van der Waals surface area contributed by atoms with Crippen LogP contribution in [0.25, 0.3) is 0 Å². The molecule has 0 aliphatic rings. The molecular weight excluding hydrogens is 96.1 g/mol. The molecule has 0 aliphatic heterocycles. The van der Waals surface area contributed by atoms with Gasteiger partial charge in [-0.05, 0) is 12.8 Å². The van der Waals surface area contributed by atoms with Crippen LogP contribution in [0.1, 0.15) is 41.5 Å². The van der Waals surface area contributed by atoms with Crippen molar-refractivity contribution in [3.63, 3.8) is 0 Å². The summed E-state index contributed by atoms with van der Waals surface area (Å²) in [5.74, 6) is 0. The highest BCUT2D eigenvalue weighted by atomic mass is 13.7. The Hall–Kier alpha value is -0.260. The van der Waals surface area contributed by atoms with Crippen molar-refractivity contribution in [1.82, 2.24) is 0 Å². The summed E-state index contributed by atoms with van der Waals surface area (Å²) in [6.45, 7) is 4.29. The van der Waals surface area contributed by atoms with Gasteiger partial charge in [-0.3, -0.25) is 0 Å². The molecule has 0 spiro atoms. The predicted molar refractivity (Wildman–Crippen MR) is 43.2 cm³/mol. The van der Waals surface area contributed by atoms with Crippen molar-refractivity contribution in [1.29, 1.82) is 0 Å². The van der Waals surface area contributed by atoms with Crippen molar-refractivity contribution in [3.8, 4) is 0 Å². The zero-order valence-electron chi connectivity index (χ0n) is 4.57. The lowest BCUT2D eigenvalue weighted by Crippen LogP contribution is -1.51. The summed E-state index contributed by atoms with van der Waals surface area (Å²) in [5.41, 5.74) is 0. The van der Waals surface area contributed by atoms with Gasteiger partial charge < -0.3 is 0 Å². The van der Waals surface area contributed by atoms with Crippen LogP contribution in [0.2, 0.25) is 0 Å². The Balaban J connectivity index is -0.000000125. The number of rotatable bonds is 2. The fraction of sp³-hybridized carbons (Fsp3) is 0.750. The van der Waals surface area contributed by atoms with Crippen molar-refractivity contribution >= 4 is 0 Å². The number of hydrogen-bond acceptors (Lipinski definition) is 0. The molecule has 0 unspecified atom stereocenters. The molecule has 0 radical (unpaired) electrons. The lowest BCUT2D eigenvalue weighted by Gasteiger charge is -1.72. The summed E-state index contributed by atoms with van der Waals surface area (Å²) in [7, 11) is 0. The standard InChI is InChI=1S/C6H12.2CH4/c1-3-5-6-4-2;;/h5-6H,3-4H2,1-2H3;2*1H4. The monoisotopic (exact) mass is 116 g/mol. The molecule has 0 aromatic rings. The third-order valence-electron chi connectivity index (χ3n) is 0.638. The summed E-state index contributed by atoms with van der Waals surface area (Å²) in [6, 6.07) is 0. The van der Waals surface area contributed by atoms with Gasteiger partial charge in [0, 0.05) is 0 Å². The van der Waals surface area contributed by atoms with Gasteiger partial charge in [-0.25, -0.2) is 0 Å². The maximum absolute atomic E-state index is 2.18. The summed E-state index contributed by atoms with van der Waals surface area (Å²) >= 11 is 0. The second-order valence-corrected chi connectivity index (χ2v) is 1.29. The average Bonchev–Trinajstić information content (AvgIpc) is 1.61. The average molecular weight is 116 g/mol. The van der Waals surface area contributed by atoms with E-state index in [0.717, 1.165) is 0 Å². The molecule has 0 aromatic carbocycles. The minimum absolute atomic E-state index is 0. The minimum Gasteiger partial charge on any atom is -0.0888 e. The first kappa shape index (κ1) is 15.6. The molecule has 0 bridgehead atoms. The van der Waals surface area contributed by atoms with E-state index in [1.165, 1.54) is 12.8 Å². The fourth-order valence-electron chi connectivity index (χ4n) is 0.333. The highest BCUT2D eigenvalue weighted by Crippen LogP contribution is 1.81. The van der Waals surface area contributed by atoms with Gasteiger partial charge in [0.05, 0.1) is 0 Å². The van der Waals surface area contributed by atoms with E-state index >= 15 is 0 Å². The molecule has 0 saturated carbocycles. The Bertz CT molecular complexity index is 29.3. The molecule has 0 atom stereocenters. The smallest absolute Gasteiger partial charge is 0.0379 e. The van der Waals surface area contributed by atoms with E-state index in [4.69, 9.17) is 0 Å². The van der Waals surface area contributed by atoms with Gasteiger partial charge >= 0.3 is 0 Å².